The lowest BCUT2D eigenvalue weighted by atomic mass is 10.3. The number of hydrogen-bond donors (Lipinski definition) is 0. The van der Waals surface area contributed by atoms with Crippen LogP contribution >= 0.6 is 0 Å². The number of nitrogens with zero attached hydrogens (tertiary/aromatic N) is 1. The van der Waals surface area contributed by atoms with E-state index in [-0.39, 0.29) is 0 Å². The third kappa shape index (κ3) is 5.48. The van der Waals surface area contributed by atoms with Crippen molar-refractivity contribution in [2.45, 2.75) is 26.2 Å². The normalized spacial score (nSPS) is 12.5. The fraction of sp³-hybridized carbons (Fsp3) is 0.571. The van der Waals surface area contributed by atoms with Crippen molar-refractivity contribution in [3.8, 4) is 0 Å². The van der Waals surface area contributed by atoms with Crippen molar-refractivity contribution in [3.63, 3.8) is 0 Å². The van der Waals surface area contributed by atoms with Gasteiger partial charge in [0, 0.05) is 32.2 Å². The van der Waals surface area contributed by atoms with E-state index in [0.717, 1.165) is 12.3 Å². The van der Waals surface area contributed by atoms with Crippen LogP contribution in [0.25, 0.3) is 0 Å². The largest absolute Gasteiger partial charge is 0.419 e. The summed E-state index contributed by atoms with van der Waals surface area (Å²) < 4.78 is 11.4. The maximum atomic E-state index is 5.71. The maximum absolute atomic E-state index is 5.71. The van der Waals surface area contributed by atoms with Crippen LogP contribution in [-0.4, -0.2) is 43.2 Å². The van der Waals surface area contributed by atoms with Gasteiger partial charge in [0.25, 0.3) is 0 Å². The van der Waals surface area contributed by atoms with E-state index < -0.39 is 16.6 Å². The lowest BCUT2D eigenvalue weighted by Crippen LogP contribution is -2.51. The minimum absolute atomic E-state index is 0.993. The van der Waals surface area contributed by atoms with E-state index >= 15 is 0 Å². The molecule has 0 unspecified atom stereocenters. The summed E-state index contributed by atoms with van der Waals surface area (Å²) in [6, 6.07) is 10.6. The molecule has 0 aliphatic carbocycles. The molecule has 3 nitrogen and oxygen atoms in total. The van der Waals surface area contributed by atoms with Crippen molar-refractivity contribution in [2.24, 2.45) is 0 Å². The van der Waals surface area contributed by atoms with Crippen molar-refractivity contribution in [3.05, 3.63) is 30.3 Å². The molecule has 0 saturated heterocycles. The Morgan fingerprint density at radius 2 is 1.26 bits per heavy atom. The van der Waals surface area contributed by atoms with E-state index in [9.17, 15) is 0 Å². The fourth-order valence-electron chi connectivity index (χ4n) is 1.93. The average molecular weight is 298 g/mol. The lowest BCUT2D eigenvalue weighted by molar-refractivity contribution is 0.397. The van der Waals surface area contributed by atoms with Gasteiger partial charge in [-0.2, -0.15) is 0 Å². The highest BCUT2D eigenvalue weighted by Gasteiger charge is 2.30. The Hall–Kier alpha value is -0.626. The Kier molecular flexibility index (Phi) is 5.79. The molecule has 5 heteroatoms. The standard InChI is InChI=1S/C14H27NO2Si2/c1-16-18(3,4)12-15(13-19(5,6)17-2)14-10-8-7-9-11-14/h7-11H,12-13H2,1-6H3. The van der Waals surface area contributed by atoms with Crippen LogP contribution < -0.4 is 4.90 Å². The van der Waals surface area contributed by atoms with Gasteiger partial charge in [0.1, 0.15) is 0 Å². The first-order chi connectivity index (χ1) is 8.79. The summed E-state index contributed by atoms with van der Waals surface area (Å²) in [7, 11) is 0.369. The Bertz CT molecular complexity index is 364. The number of para-hydroxylation sites is 1. The molecule has 0 saturated carbocycles. The number of hydrogen-bond acceptors (Lipinski definition) is 3. The highest BCUT2D eigenvalue weighted by atomic mass is 28.4. The van der Waals surface area contributed by atoms with Gasteiger partial charge < -0.3 is 13.8 Å². The van der Waals surface area contributed by atoms with E-state index in [2.05, 4.69) is 61.4 Å². The second kappa shape index (κ2) is 6.70. The van der Waals surface area contributed by atoms with Crippen LogP contribution in [0.3, 0.4) is 0 Å². The van der Waals surface area contributed by atoms with Gasteiger partial charge >= 0.3 is 0 Å². The molecule has 0 aliphatic heterocycles. The second-order valence-corrected chi connectivity index (χ2v) is 14.6. The summed E-state index contributed by atoms with van der Waals surface area (Å²) in [4.78, 5) is 2.44. The molecule has 0 amide bonds. The van der Waals surface area contributed by atoms with E-state index in [1.807, 2.05) is 14.2 Å². The smallest absolute Gasteiger partial charge is 0.205 e. The molecule has 0 spiro atoms. The molecule has 0 heterocycles. The van der Waals surface area contributed by atoms with E-state index in [4.69, 9.17) is 8.85 Å². The topological polar surface area (TPSA) is 21.7 Å². The minimum atomic E-state index is -1.64. The number of anilines is 1. The number of benzene rings is 1. The van der Waals surface area contributed by atoms with Gasteiger partial charge in [0.2, 0.25) is 16.6 Å². The van der Waals surface area contributed by atoms with Gasteiger partial charge in [-0.25, -0.2) is 0 Å². The van der Waals surface area contributed by atoms with Crippen LogP contribution in [0, 0.1) is 0 Å². The molecule has 1 rings (SSSR count). The molecule has 19 heavy (non-hydrogen) atoms. The summed E-state index contributed by atoms with van der Waals surface area (Å²) in [5.41, 5.74) is 1.26. The first-order valence-corrected chi connectivity index (χ1v) is 12.9. The second-order valence-electron chi connectivity index (χ2n) is 6.12. The van der Waals surface area contributed by atoms with Crippen LogP contribution in [0.15, 0.2) is 30.3 Å². The summed E-state index contributed by atoms with van der Waals surface area (Å²) in [5, 5.41) is 0. The van der Waals surface area contributed by atoms with Crippen LogP contribution in [0.2, 0.25) is 26.2 Å². The molecule has 1 aromatic carbocycles. The Labute approximate surface area is 119 Å². The molecular formula is C14H27NO2Si2. The summed E-state index contributed by atoms with van der Waals surface area (Å²) in [6.07, 6.45) is 1.99. The monoisotopic (exact) mass is 297 g/mol. The highest BCUT2D eigenvalue weighted by Crippen LogP contribution is 2.19. The van der Waals surface area contributed by atoms with Gasteiger partial charge in [-0.15, -0.1) is 0 Å². The zero-order chi connectivity index (χ0) is 14.5. The maximum Gasteiger partial charge on any atom is 0.205 e. The lowest BCUT2D eigenvalue weighted by Gasteiger charge is -2.36. The molecule has 0 fully saturated rings. The molecule has 0 atom stereocenters. The third-order valence-corrected chi connectivity index (χ3v) is 7.87. The van der Waals surface area contributed by atoms with Crippen molar-refractivity contribution in [2.75, 3.05) is 31.5 Å². The van der Waals surface area contributed by atoms with E-state index in [0.29, 0.717) is 0 Å². The molecule has 108 valence electrons. The van der Waals surface area contributed by atoms with Gasteiger partial charge in [-0.1, -0.05) is 18.2 Å². The van der Waals surface area contributed by atoms with Gasteiger partial charge in [-0.05, 0) is 38.3 Å². The predicted molar refractivity (Wildman–Crippen MR) is 87.6 cm³/mol. The molecule has 0 aliphatic rings. The molecule has 1 aromatic rings. The number of rotatable bonds is 7. The van der Waals surface area contributed by atoms with Crippen molar-refractivity contribution < 1.29 is 8.85 Å². The summed E-state index contributed by atoms with van der Waals surface area (Å²) in [6.45, 7) is 9.02. The first-order valence-electron chi connectivity index (χ1n) is 6.70. The SMILES string of the molecule is CO[Si](C)(C)CN(C[Si](C)(C)OC)c1ccccc1. The quantitative estimate of drug-likeness (QED) is 0.721. The molecule has 0 bridgehead atoms. The van der Waals surface area contributed by atoms with Gasteiger partial charge in [-0.3, -0.25) is 0 Å². The molecule has 0 radical (unpaired) electrons. The zero-order valence-electron chi connectivity index (χ0n) is 13.1. The minimum Gasteiger partial charge on any atom is -0.419 e. The van der Waals surface area contributed by atoms with Crippen LogP contribution in [-0.2, 0) is 8.85 Å². The molecule has 0 aromatic heterocycles. The van der Waals surface area contributed by atoms with Crippen LogP contribution in [0.5, 0.6) is 0 Å². The van der Waals surface area contributed by atoms with Gasteiger partial charge in [0.05, 0.1) is 0 Å². The third-order valence-electron chi connectivity index (χ3n) is 3.37. The predicted octanol–water partition coefficient (Wildman–Crippen LogP) is 3.27. The zero-order valence-corrected chi connectivity index (χ0v) is 15.1. The van der Waals surface area contributed by atoms with E-state index in [1.54, 1.807) is 0 Å². The van der Waals surface area contributed by atoms with Crippen molar-refractivity contribution in [1.82, 2.24) is 0 Å². The Morgan fingerprint density at radius 3 is 1.63 bits per heavy atom. The molecule has 0 N–H and O–H groups in total. The highest BCUT2D eigenvalue weighted by molar-refractivity contribution is 6.73. The summed E-state index contributed by atoms with van der Waals surface area (Å²) >= 11 is 0. The van der Waals surface area contributed by atoms with Crippen LogP contribution in [0.4, 0.5) is 5.69 Å². The van der Waals surface area contributed by atoms with Crippen LogP contribution in [0.1, 0.15) is 0 Å². The first kappa shape index (κ1) is 16.4. The average Bonchev–Trinajstić information content (AvgIpc) is 2.38. The van der Waals surface area contributed by atoms with Crippen molar-refractivity contribution in [1.29, 1.82) is 0 Å². The van der Waals surface area contributed by atoms with Crippen molar-refractivity contribution >= 4 is 22.3 Å². The summed E-state index contributed by atoms with van der Waals surface area (Å²) in [5.74, 6) is 0. The Balaban J connectivity index is 2.92. The Morgan fingerprint density at radius 1 is 0.842 bits per heavy atom. The van der Waals surface area contributed by atoms with E-state index in [1.165, 1.54) is 5.69 Å². The fourth-order valence-corrected chi connectivity index (χ4v) is 4.83. The molecular weight excluding hydrogens is 270 g/mol. The van der Waals surface area contributed by atoms with Gasteiger partial charge in [0.15, 0.2) is 0 Å².